The lowest BCUT2D eigenvalue weighted by molar-refractivity contribution is -0.143. The van der Waals surface area contributed by atoms with Crippen molar-refractivity contribution in [3.8, 4) is 6.07 Å². The first-order valence-corrected chi connectivity index (χ1v) is 10.8. The van der Waals surface area contributed by atoms with Gasteiger partial charge in [-0.05, 0) is 37.5 Å². The number of benzene rings is 1. The van der Waals surface area contributed by atoms with Crippen LogP contribution in [0.3, 0.4) is 0 Å². The lowest BCUT2D eigenvalue weighted by atomic mass is 10.1. The maximum absolute atomic E-state index is 13.2. The Morgan fingerprint density at radius 1 is 1.18 bits per heavy atom. The van der Waals surface area contributed by atoms with E-state index in [1.807, 2.05) is 4.90 Å². The van der Waals surface area contributed by atoms with Crippen molar-refractivity contribution in [2.45, 2.75) is 55.8 Å². The molecule has 12 heteroatoms. The molecule has 184 valence electrons. The van der Waals surface area contributed by atoms with Gasteiger partial charge in [0.15, 0.2) is 0 Å². The monoisotopic (exact) mass is 487 g/mol. The number of hydrogen-bond donors (Lipinski definition) is 1. The van der Waals surface area contributed by atoms with Crippen molar-refractivity contribution in [1.29, 1.82) is 5.26 Å². The molecule has 3 heterocycles. The average Bonchev–Trinajstić information content (AvgIpc) is 3.45. The predicted molar refractivity (Wildman–Crippen MR) is 110 cm³/mol. The van der Waals surface area contributed by atoms with Gasteiger partial charge >= 0.3 is 12.4 Å². The summed E-state index contributed by atoms with van der Waals surface area (Å²) >= 11 is 0. The van der Waals surface area contributed by atoms with Gasteiger partial charge in [0.25, 0.3) is 0 Å². The summed E-state index contributed by atoms with van der Waals surface area (Å²) in [6.07, 6.45) is -8.16. The molecular formula is C22H23F6N5O. The Hall–Kier alpha value is -2.78. The van der Waals surface area contributed by atoms with Gasteiger partial charge in [0.05, 0.1) is 35.3 Å². The van der Waals surface area contributed by atoms with Crippen LogP contribution in [0.1, 0.15) is 30.4 Å². The van der Waals surface area contributed by atoms with Crippen molar-refractivity contribution in [3.05, 3.63) is 41.6 Å². The molecule has 34 heavy (non-hydrogen) atoms. The summed E-state index contributed by atoms with van der Waals surface area (Å²) in [5.74, 6) is -0.558. The minimum Gasteiger partial charge on any atom is -0.358 e. The zero-order valence-corrected chi connectivity index (χ0v) is 18.0. The zero-order chi connectivity index (χ0) is 25.0. The first kappa shape index (κ1) is 24.3. The maximum Gasteiger partial charge on any atom is 0.416 e. The van der Waals surface area contributed by atoms with E-state index in [0.29, 0.717) is 30.8 Å². The molecule has 1 amide bonds. The van der Waals surface area contributed by atoms with E-state index < -0.39 is 53.2 Å². The number of nitriles is 1. The van der Waals surface area contributed by atoms with Crippen LogP contribution in [0.4, 0.5) is 32.0 Å². The molecule has 1 aromatic rings. The van der Waals surface area contributed by atoms with E-state index in [9.17, 15) is 36.4 Å². The Kier molecular flexibility index (Phi) is 6.06. The summed E-state index contributed by atoms with van der Waals surface area (Å²) < 4.78 is 79.5. The minimum absolute atomic E-state index is 0.0477. The second-order valence-electron chi connectivity index (χ2n) is 8.91. The van der Waals surface area contributed by atoms with Gasteiger partial charge in [0, 0.05) is 31.0 Å². The second-order valence-corrected chi connectivity index (χ2v) is 8.91. The van der Waals surface area contributed by atoms with E-state index in [1.165, 1.54) is 0 Å². The molecule has 3 aliphatic heterocycles. The number of halogens is 6. The predicted octanol–water partition coefficient (Wildman–Crippen LogP) is 3.34. The van der Waals surface area contributed by atoms with Gasteiger partial charge in [0.1, 0.15) is 6.04 Å². The topological polar surface area (TPSA) is 76.6 Å². The second kappa shape index (κ2) is 8.46. The first-order chi connectivity index (χ1) is 15.8. The van der Waals surface area contributed by atoms with E-state index in [2.05, 4.69) is 12.6 Å². The van der Waals surface area contributed by atoms with Crippen molar-refractivity contribution in [2.75, 3.05) is 24.5 Å². The first-order valence-electron chi connectivity index (χ1n) is 10.8. The fraction of sp³-hybridized carbons (Fsp3) is 0.545. The highest BCUT2D eigenvalue weighted by Crippen LogP contribution is 2.42. The summed E-state index contributed by atoms with van der Waals surface area (Å²) in [7, 11) is 0. The molecule has 4 rings (SSSR count). The summed E-state index contributed by atoms with van der Waals surface area (Å²) in [4.78, 5) is 17.7. The van der Waals surface area contributed by atoms with Gasteiger partial charge in [0.2, 0.25) is 5.91 Å². The molecule has 3 unspecified atom stereocenters. The highest BCUT2D eigenvalue weighted by atomic mass is 19.4. The molecule has 2 bridgehead atoms. The Morgan fingerprint density at radius 3 is 2.32 bits per heavy atom. The normalized spacial score (nSPS) is 26.3. The van der Waals surface area contributed by atoms with Crippen LogP contribution in [0.25, 0.3) is 0 Å². The molecule has 3 aliphatic rings. The van der Waals surface area contributed by atoms with Gasteiger partial charge < -0.3 is 15.5 Å². The number of carbonyl (C=O) groups is 1. The summed E-state index contributed by atoms with van der Waals surface area (Å²) in [6.45, 7) is 5.16. The SMILES string of the molecule is C=C(C(N)CN1C[C@@H]2CC1C(=O)N2c1cc(C(F)(F)F)cc(C(F)(F)F)c1)N1CCCC1C#N. The molecule has 6 nitrogen and oxygen atoms in total. The number of alkyl halides is 6. The van der Waals surface area contributed by atoms with Gasteiger partial charge in [-0.25, -0.2) is 0 Å². The zero-order valence-electron chi connectivity index (χ0n) is 18.0. The summed E-state index contributed by atoms with van der Waals surface area (Å²) in [5.41, 5.74) is 3.53. The van der Waals surface area contributed by atoms with Crippen LogP contribution in [-0.2, 0) is 17.1 Å². The van der Waals surface area contributed by atoms with Crippen molar-refractivity contribution in [1.82, 2.24) is 9.80 Å². The third kappa shape index (κ3) is 4.34. The van der Waals surface area contributed by atoms with E-state index in [0.717, 1.165) is 11.3 Å². The van der Waals surface area contributed by atoms with Gasteiger partial charge in [-0.2, -0.15) is 31.6 Å². The quantitative estimate of drug-likeness (QED) is 0.645. The molecule has 4 atom stereocenters. The van der Waals surface area contributed by atoms with Crippen molar-refractivity contribution >= 4 is 11.6 Å². The van der Waals surface area contributed by atoms with E-state index in [1.54, 1.807) is 4.90 Å². The van der Waals surface area contributed by atoms with Crippen LogP contribution in [0.5, 0.6) is 0 Å². The van der Waals surface area contributed by atoms with Crippen LogP contribution < -0.4 is 10.6 Å². The van der Waals surface area contributed by atoms with E-state index >= 15 is 0 Å². The lowest BCUT2D eigenvalue weighted by Gasteiger charge is -2.37. The molecule has 3 fully saturated rings. The maximum atomic E-state index is 13.2. The number of carbonyl (C=O) groups excluding carboxylic acids is 1. The number of fused-ring (bicyclic) bond motifs is 2. The summed E-state index contributed by atoms with van der Waals surface area (Å²) in [5, 5.41) is 9.27. The standard InChI is InChI=1S/C22H23F6N5O/c1-12(32-4-2-3-15(32)9-29)18(30)11-31-10-17-8-19(31)20(34)33(17)16-6-13(21(23,24)25)5-14(7-16)22(26,27)28/h5-7,15,17-19H,1-4,8,10-11,30H2/t15?,17-,18?,19?/m0/s1. The number of nitrogens with two attached hydrogens (primary N) is 1. The van der Waals surface area contributed by atoms with Crippen LogP contribution in [0.2, 0.25) is 0 Å². The highest BCUT2D eigenvalue weighted by molar-refractivity contribution is 6.01. The Bertz CT molecular complexity index is 1000. The van der Waals surface area contributed by atoms with Crippen molar-refractivity contribution < 1.29 is 31.1 Å². The molecule has 2 N–H and O–H groups in total. The van der Waals surface area contributed by atoms with Gasteiger partial charge in [-0.3, -0.25) is 9.69 Å². The number of hydrogen-bond acceptors (Lipinski definition) is 5. The minimum atomic E-state index is -4.99. The van der Waals surface area contributed by atoms with Crippen molar-refractivity contribution in [3.63, 3.8) is 0 Å². The van der Waals surface area contributed by atoms with Crippen LogP contribution in [0.15, 0.2) is 30.5 Å². The van der Waals surface area contributed by atoms with Gasteiger partial charge in [-0.15, -0.1) is 0 Å². The van der Waals surface area contributed by atoms with Crippen LogP contribution in [-0.4, -0.2) is 59.5 Å². The highest BCUT2D eigenvalue weighted by Gasteiger charge is 2.51. The molecule has 0 saturated carbocycles. The van der Waals surface area contributed by atoms with Gasteiger partial charge in [-0.1, -0.05) is 6.58 Å². The molecule has 0 radical (unpaired) electrons. The molecule has 1 aromatic carbocycles. The Balaban J connectivity index is 1.51. The Labute approximate surface area is 192 Å². The summed E-state index contributed by atoms with van der Waals surface area (Å²) in [6, 6.07) is 1.28. The van der Waals surface area contributed by atoms with Crippen molar-refractivity contribution in [2.24, 2.45) is 5.73 Å². The molecule has 0 aromatic heterocycles. The largest absolute Gasteiger partial charge is 0.416 e. The number of rotatable bonds is 5. The number of anilines is 1. The van der Waals surface area contributed by atoms with E-state index in [4.69, 9.17) is 5.73 Å². The van der Waals surface area contributed by atoms with Crippen LogP contribution in [0, 0.1) is 11.3 Å². The molecular weight excluding hydrogens is 464 g/mol. The third-order valence-corrected chi connectivity index (χ3v) is 6.75. The van der Waals surface area contributed by atoms with Crippen LogP contribution >= 0.6 is 0 Å². The molecule has 0 spiro atoms. The lowest BCUT2D eigenvalue weighted by Crippen LogP contribution is -2.54. The fourth-order valence-electron chi connectivity index (χ4n) is 5.10. The number of likely N-dealkylation sites (tertiary alicyclic amines) is 2. The molecule has 3 saturated heterocycles. The smallest absolute Gasteiger partial charge is 0.358 e. The fourth-order valence-corrected chi connectivity index (χ4v) is 5.10. The number of nitrogens with zero attached hydrogens (tertiary/aromatic N) is 4. The Morgan fingerprint density at radius 2 is 1.79 bits per heavy atom. The van der Waals surface area contributed by atoms with E-state index in [-0.39, 0.29) is 31.6 Å². The molecule has 0 aliphatic carbocycles. The number of piperazine rings is 1. The average molecular weight is 487 g/mol. The third-order valence-electron chi connectivity index (χ3n) is 6.75. The number of amides is 1.